The molecule has 1 amide bonds. The number of amides is 1. The van der Waals surface area contributed by atoms with Gasteiger partial charge in [-0.05, 0) is 48.2 Å². The molecule has 1 N–H and O–H groups in total. The van der Waals surface area contributed by atoms with Gasteiger partial charge >= 0.3 is 0 Å². The largest absolute Gasteiger partial charge is 0.467 e. The van der Waals surface area contributed by atoms with Gasteiger partial charge < -0.3 is 9.40 Å². The number of furan rings is 1. The number of aromatic amines is 1. The van der Waals surface area contributed by atoms with Crippen molar-refractivity contribution in [3.8, 4) is 11.1 Å². The number of carbonyl (C=O) groups is 1. The van der Waals surface area contributed by atoms with Crippen molar-refractivity contribution in [2.24, 2.45) is 5.10 Å². The number of pyridine rings is 1. The summed E-state index contributed by atoms with van der Waals surface area (Å²) in [6.45, 7) is 2.03. The van der Waals surface area contributed by atoms with E-state index in [2.05, 4.69) is 11.1 Å². The van der Waals surface area contributed by atoms with Crippen LogP contribution in [-0.2, 0) is 0 Å². The van der Waals surface area contributed by atoms with Gasteiger partial charge in [0.05, 0.1) is 22.4 Å². The zero-order valence-electron chi connectivity index (χ0n) is 18.9. The van der Waals surface area contributed by atoms with Gasteiger partial charge in [-0.25, -0.2) is 5.01 Å². The maximum Gasteiger partial charge on any atom is 0.284 e. The Morgan fingerprint density at radius 2 is 1.91 bits per heavy atom. The minimum Gasteiger partial charge on any atom is -0.467 e. The van der Waals surface area contributed by atoms with Crippen molar-refractivity contribution in [1.29, 1.82) is 0 Å². The van der Waals surface area contributed by atoms with Crippen LogP contribution in [0.2, 0.25) is 0 Å². The lowest BCUT2D eigenvalue weighted by atomic mass is 9.91. The topological polar surface area (TPSA) is 78.7 Å². The zero-order valence-corrected chi connectivity index (χ0v) is 19.7. The van der Waals surface area contributed by atoms with Crippen LogP contribution in [0.5, 0.6) is 0 Å². The molecule has 6 nitrogen and oxygen atoms in total. The molecule has 0 radical (unpaired) electrons. The molecule has 7 heteroatoms. The van der Waals surface area contributed by atoms with Crippen LogP contribution in [0.15, 0.2) is 98.8 Å². The second-order valence-electron chi connectivity index (χ2n) is 8.53. The van der Waals surface area contributed by atoms with Crippen LogP contribution < -0.4 is 5.56 Å². The van der Waals surface area contributed by atoms with Crippen molar-refractivity contribution in [2.45, 2.75) is 19.4 Å². The lowest BCUT2D eigenvalue weighted by Crippen LogP contribution is -2.26. The minimum absolute atomic E-state index is 0.217. The fourth-order valence-electron chi connectivity index (χ4n) is 4.65. The van der Waals surface area contributed by atoms with Crippen LogP contribution >= 0.6 is 11.3 Å². The Bertz CT molecular complexity index is 1620. The number of aromatic nitrogens is 1. The van der Waals surface area contributed by atoms with E-state index in [0.29, 0.717) is 28.3 Å². The Morgan fingerprint density at radius 1 is 1.06 bits per heavy atom. The molecule has 35 heavy (non-hydrogen) atoms. The van der Waals surface area contributed by atoms with E-state index in [0.717, 1.165) is 27.6 Å². The summed E-state index contributed by atoms with van der Waals surface area (Å²) in [6, 6.07) is 22.6. The molecule has 0 aliphatic carbocycles. The third-order valence-corrected chi connectivity index (χ3v) is 7.10. The highest BCUT2D eigenvalue weighted by atomic mass is 32.1. The zero-order chi connectivity index (χ0) is 23.9. The highest BCUT2D eigenvalue weighted by Crippen LogP contribution is 2.38. The van der Waals surface area contributed by atoms with Crippen LogP contribution in [0, 0.1) is 6.92 Å². The molecule has 172 valence electrons. The number of aryl methyl sites for hydroxylation is 1. The van der Waals surface area contributed by atoms with Crippen molar-refractivity contribution in [3.63, 3.8) is 0 Å². The summed E-state index contributed by atoms with van der Waals surface area (Å²) in [5.74, 6) is 0.411. The van der Waals surface area contributed by atoms with Crippen molar-refractivity contribution in [1.82, 2.24) is 9.99 Å². The maximum absolute atomic E-state index is 13.5. The van der Waals surface area contributed by atoms with E-state index >= 15 is 0 Å². The number of nitrogens with zero attached hydrogens (tertiary/aromatic N) is 2. The van der Waals surface area contributed by atoms with Crippen LogP contribution in [0.1, 0.15) is 39.0 Å². The average Bonchev–Trinajstić information content (AvgIpc) is 3.65. The Kier molecular flexibility index (Phi) is 5.19. The van der Waals surface area contributed by atoms with E-state index in [9.17, 15) is 9.59 Å². The van der Waals surface area contributed by atoms with Gasteiger partial charge in [-0.3, -0.25) is 9.59 Å². The molecular weight excluding hydrogens is 458 g/mol. The summed E-state index contributed by atoms with van der Waals surface area (Å²) >= 11 is 1.36. The number of H-pyrrole nitrogens is 1. The number of carbonyl (C=O) groups excluding carboxylic acids is 1. The molecule has 4 heterocycles. The van der Waals surface area contributed by atoms with Crippen LogP contribution in [0.25, 0.3) is 22.0 Å². The average molecular weight is 480 g/mol. The molecule has 0 bridgehead atoms. The van der Waals surface area contributed by atoms with E-state index in [1.165, 1.54) is 16.3 Å². The third kappa shape index (κ3) is 3.70. The molecule has 0 saturated carbocycles. The first-order valence-corrected chi connectivity index (χ1v) is 12.2. The smallest absolute Gasteiger partial charge is 0.284 e. The first-order chi connectivity index (χ1) is 17.1. The summed E-state index contributed by atoms with van der Waals surface area (Å²) in [7, 11) is 0. The maximum atomic E-state index is 13.5. The SMILES string of the molecule is Cc1ccc2[nH]c(=O)c(C3=NN(C(=O)c4cccs4)[C@H](c4ccco4)C3)c(-c3ccccc3)c2c1. The molecule has 0 fully saturated rings. The number of hydrogen-bond acceptors (Lipinski definition) is 5. The molecule has 6 rings (SSSR count). The molecule has 0 unspecified atom stereocenters. The Labute approximate surface area is 205 Å². The Hall–Kier alpha value is -4.23. The van der Waals surface area contributed by atoms with E-state index in [1.54, 1.807) is 18.4 Å². The summed E-state index contributed by atoms with van der Waals surface area (Å²) in [6.07, 6.45) is 1.95. The molecule has 2 aromatic carbocycles. The van der Waals surface area contributed by atoms with E-state index in [-0.39, 0.29) is 11.5 Å². The number of hydrazone groups is 1. The molecule has 1 aliphatic heterocycles. The van der Waals surface area contributed by atoms with Gasteiger partial charge in [0.15, 0.2) is 0 Å². The van der Waals surface area contributed by atoms with Gasteiger partial charge in [0.1, 0.15) is 11.8 Å². The Balaban J connectivity index is 1.58. The third-order valence-electron chi connectivity index (χ3n) is 6.24. The van der Waals surface area contributed by atoms with Gasteiger partial charge in [-0.15, -0.1) is 11.3 Å². The predicted octanol–water partition coefficient (Wildman–Crippen LogP) is 6.15. The second-order valence-corrected chi connectivity index (χ2v) is 9.48. The first kappa shape index (κ1) is 21.3. The molecule has 0 saturated heterocycles. The minimum atomic E-state index is -0.439. The summed E-state index contributed by atoms with van der Waals surface area (Å²) in [5, 5.41) is 9.00. The lowest BCUT2D eigenvalue weighted by Gasteiger charge is -2.19. The summed E-state index contributed by atoms with van der Waals surface area (Å²) in [4.78, 5) is 30.5. The van der Waals surface area contributed by atoms with Gasteiger partial charge in [0.25, 0.3) is 11.5 Å². The van der Waals surface area contributed by atoms with E-state index in [1.807, 2.05) is 66.9 Å². The van der Waals surface area contributed by atoms with Crippen molar-refractivity contribution in [3.05, 3.63) is 117 Å². The van der Waals surface area contributed by atoms with Crippen molar-refractivity contribution in [2.75, 3.05) is 0 Å². The molecule has 1 atom stereocenters. The number of thiophene rings is 1. The molecule has 0 spiro atoms. The highest BCUT2D eigenvalue weighted by molar-refractivity contribution is 7.12. The molecule has 1 aliphatic rings. The van der Waals surface area contributed by atoms with Gasteiger partial charge in [-0.2, -0.15) is 5.10 Å². The van der Waals surface area contributed by atoms with Gasteiger partial charge in [0.2, 0.25) is 0 Å². The van der Waals surface area contributed by atoms with Gasteiger partial charge in [-0.1, -0.05) is 48.0 Å². The Morgan fingerprint density at radius 3 is 2.66 bits per heavy atom. The summed E-state index contributed by atoms with van der Waals surface area (Å²) in [5.41, 5.74) is 4.38. The number of benzene rings is 2. The van der Waals surface area contributed by atoms with Crippen LogP contribution in [-0.4, -0.2) is 21.6 Å². The van der Waals surface area contributed by atoms with Crippen molar-refractivity contribution < 1.29 is 9.21 Å². The number of rotatable bonds is 4. The lowest BCUT2D eigenvalue weighted by molar-refractivity contribution is 0.0698. The van der Waals surface area contributed by atoms with Crippen LogP contribution in [0.3, 0.4) is 0 Å². The number of nitrogens with one attached hydrogen (secondary N) is 1. The second kappa shape index (κ2) is 8.52. The summed E-state index contributed by atoms with van der Waals surface area (Å²) < 4.78 is 5.68. The fourth-order valence-corrected chi connectivity index (χ4v) is 5.31. The highest BCUT2D eigenvalue weighted by Gasteiger charge is 2.37. The normalized spacial score (nSPS) is 15.5. The molecular formula is C28H21N3O3S. The fraction of sp³-hybridized carbons (Fsp3) is 0.107. The standard InChI is InChI=1S/C28H21N3O3S/c1-17-11-12-20-19(15-17)25(18-7-3-2-4-8-18)26(27(32)29-20)21-16-22(23-9-5-13-34-23)31(30-21)28(33)24-10-6-14-35-24/h2-15,22H,16H2,1H3,(H,29,32)/t22-/m0/s1. The van der Waals surface area contributed by atoms with E-state index in [4.69, 9.17) is 9.52 Å². The monoisotopic (exact) mass is 479 g/mol. The van der Waals surface area contributed by atoms with E-state index < -0.39 is 6.04 Å². The molecule has 5 aromatic rings. The van der Waals surface area contributed by atoms with Gasteiger partial charge in [0, 0.05) is 22.9 Å². The van der Waals surface area contributed by atoms with Crippen molar-refractivity contribution >= 4 is 33.9 Å². The predicted molar refractivity (Wildman–Crippen MR) is 138 cm³/mol. The molecule has 3 aromatic heterocycles. The van der Waals surface area contributed by atoms with Crippen LogP contribution in [0.4, 0.5) is 0 Å². The first-order valence-electron chi connectivity index (χ1n) is 11.3. The number of fused-ring (bicyclic) bond motifs is 1. The quantitative estimate of drug-likeness (QED) is 0.336. The number of hydrogen-bond donors (Lipinski definition) is 1.